The lowest BCUT2D eigenvalue weighted by molar-refractivity contribution is 0.587. The van der Waals surface area contributed by atoms with E-state index in [1.165, 1.54) is 0 Å². The highest BCUT2D eigenvalue weighted by Crippen LogP contribution is 2.22. The molecule has 0 aliphatic rings. The molecule has 0 unspecified atom stereocenters. The van der Waals surface area contributed by atoms with Crippen LogP contribution in [0.3, 0.4) is 0 Å². The Bertz CT molecular complexity index is 1240. The molecule has 0 saturated carbocycles. The van der Waals surface area contributed by atoms with Gasteiger partial charge in [-0.05, 0) is 63.1 Å². The quantitative estimate of drug-likeness (QED) is 0.622. The molecule has 0 aliphatic heterocycles. The van der Waals surface area contributed by atoms with Crippen LogP contribution in [0.5, 0.6) is 0 Å². The molecule has 1 aromatic heterocycles. The standard InChI is InChI=1S/C23H19N3O2S/c1-16(2)29(27,28)21-11-9-20(10-12-21)23-15-25-17(3)22(26-23)13-8-18-4-6-19(14-24)7-5-18/h4-7,9-12,15-16H,1-3H3. The Morgan fingerprint density at radius 1 is 0.931 bits per heavy atom. The van der Waals surface area contributed by atoms with Gasteiger partial charge in [-0.1, -0.05) is 18.1 Å². The maximum absolute atomic E-state index is 12.3. The molecule has 0 atom stereocenters. The van der Waals surface area contributed by atoms with Crippen LogP contribution in [0, 0.1) is 30.1 Å². The van der Waals surface area contributed by atoms with Crippen molar-refractivity contribution in [2.45, 2.75) is 30.9 Å². The number of hydrogen-bond donors (Lipinski definition) is 0. The zero-order valence-electron chi connectivity index (χ0n) is 16.3. The molecule has 6 heteroatoms. The topological polar surface area (TPSA) is 83.7 Å². The predicted molar refractivity (Wildman–Crippen MR) is 112 cm³/mol. The van der Waals surface area contributed by atoms with E-state index < -0.39 is 15.1 Å². The van der Waals surface area contributed by atoms with Crippen LogP contribution in [-0.4, -0.2) is 23.6 Å². The minimum Gasteiger partial charge on any atom is -0.256 e. The van der Waals surface area contributed by atoms with Gasteiger partial charge in [0.15, 0.2) is 9.84 Å². The van der Waals surface area contributed by atoms with Gasteiger partial charge >= 0.3 is 0 Å². The number of hydrogen-bond acceptors (Lipinski definition) is 5. The molecule has 3 aromatic rings. The molecule has 2 aromatic carbocycles. The Labute approximate surface area is 171 Å². The number of benzene rings is 2. The highest BCUT2D eigenvalue weighted by atomic mass is 32.2. The van der Waals surface area contributed by atoms with Crippen molar-refractivity contribution >= 4 is 9.84 Å². The summed E-state index contributed by atoms with van der Waals surface area (Å²) in [6, 6.07) is 15.7. The van der Waals surface area contributed by atoms with Gasteiger partial charge in [-0.2, -0.15) is 5.26 Å². The summed E-state index contributed by atoms with van der Waals surface area (Å²) in [5, 5.41) is 8.39. The molecule has 5 nitrogen and oxygen atoms in total. The van der Waals surface area contributed by atoms with Crippen LogP contribution in [0.2, 0.25) is 0 Å². The van der Waals surface area contributed by atoms with Crippen molar-refractivity contribution < 1.29 is 8.42 Å². The molecule has 0 fully saturated rings. The summed E-state index contributed by atoms with van der Waals surface area (Å²) in [5.74, 6) is 6.06. The predicted octanol–water partition coefficient (Wildman–Crippen LogP) is 3.91. The Hall–Kier alpha value is -3.48. The molecule has 0 spiro atoms. The number of nitrogens with zero attached hydrogens (tertiary/aromatic N) is 3. The van der Waals surface area contributed by atoms with Gasteiger partial charge in [-0.15, -0.1) is 0 Å². The first-order valence-electron chi connectivity index (χ1n) is 9.01. The Balaban J connectivity index is 1.91. The van der Waals surface area contributed by atoms with Crippen LogP contribution >= 0.6 is 0 Å². The number of nitriles is 1. The lowest BCUT2D eigenvalue weighted by Gasteiger charge is -2.09. The van der Waals surface area contributed by atoms with Crippen LogP contribution in [0.4, 0.5) is 0 Å². The Kier molecular flexibility index (Phi) is 5.77. The maximum atomic E-state index is 12.3. The lowest BCUT2D eigenvalue weighted by Crippen LogP contribution is -2.13. The van der Waals surface area contributed by atoms with Gasteiger partial charge in [-0.25, -0.2) is 13.4 Å². The van der Waals surface area contributed by atoms with E-state index >= 15 is 0 Å². The second kappa shape index (κ2) is 8.26. The van der Waals surface area contributed by atoms with Crippen LogP contribution in [0.25, 0.3) is 11.3 Å². The first kappa shape index (κ1) is 20.3. The molecule has 3 rings (SSSR count). The van der Waals surface area contributed by atoms with Crippen molar-refractivity contribution in [2.24, 2.45) is 0 Å². The summed E-state index contributed by atoms with van der Waals surface area (Å²) in [7, 11) is -3.31. The van der Waals surface area contributed by atoms with E-state index in [0.29, 0.717) is 22.6 Å². The van der Waals surface area contributed by atoms with Gasteiger partial charge in [0.05, 0.1) is 39.4 Å². The molecule has 29 heavy (non-hydrogen) atoms. The third kappa shape index (κ3) is 4.51. The van der Waals surface area contributed by atoms with Crippen molar-refractivity contribution in [2.75, 3.05) is 0 Å². The van der Waals surface area contributed by atoms with Crippen LogP contribution in [0.1, 0.15) is 36.4 Å². The summed E-state index contributed by atoms with van der Waals surface area (Å²) < 4.78 is 24.5. The molecule has 0 aliphatic carbocycles. The lowest BCUT2D eigenvalue weighted by atomic mass is 10.1. The molecular formula is C23H19N3O2S. The average molecular weight is 401 g/mol. The summed E-state index contributed by atoms with van der Waals surface area (Å²) in [6.07, 6.45) is 1.65. The second-order valence-electron chi connectivity index (χ2n) is 6.75. The molecule has 0 N–H and O–H groups in total. The van der Waals surface area contributed by atoms with Crippen molar-refractivity contribution in [1.29, 1.82) is 5.26 Å². The van der Waals surface area contributed by atoms with Gasteiger partial charge in [0.25, 0.3) is 0 Å². The van der Waals surface area contributed by atoms with E-state index in [-0.39, 0.29) is 4.90 Å². The third-order valence-corrected chi connectivity index (χ3v) is 6.56. The van der Waals surface area contributed by atoms with Gasteiger partial charge in [-0.3, -0.25) is 4.98 Å². The summed E-state index contributed by atoms with van der Waals surface area (Å²) >= 11 is 0. The van der Waals surface area contributed by atoms with E-state index in [1.54, 1.807) is 68.6 Å². The minimum atomic E-state index is -3.31. The largest absolute Gasteiger partial charge is 0.256 e. The Morgan fingerprint density at radius 2 is 1.55 bits per heavy atom. The zero-order chi connectivity index (χ0) is 21.0. The highest BCUT2D eigenvalue weighted by Gasteiger charge is 2.19. The normalized spacial score (nSPS) is 10.9. The van der Waals surface area contributed by atoms with E-state index in [4.69, 9.17) is 5.26 Å². The van der Waals surface area contributed by atoms with Crippen molar-refractivity contribution in [3.63, 3.8) is 0 Å². The van der Waals surface area contributed by atoms with E-state index in [2.05, 4.69) is 27.9 Å². The maximum Gasteiger partial charge on any atom is 0.180 e. The first-order chi connectivity index (χ1) is 13.8. The van der Waals surface area contributed by atoms with Crippen molar-refractivity contribution in [1.82, 2.24) is 9.97 Å². The SMILES string of the molecule is Cc1ncc(-c2ccc(S(=O)(=O)C(C)C)cc2)nc1C#Cc1ccc(C#N)cc1. The van der Waals surface area contributed by atoms with Crippen molar-refractivity contribution in [3.8, 4) is 29.2 Å². The molecule has 1 heterocycles. The van der Waals surface area contributed by atoms with E-state index in [9.17, 15) is 8.42 Å². The molecule has 0 radical (unpaired) electrons. The highest BCUT2D eigenvalue weighted by molar-refractivity contribution is 7.92. The second-order valence-corrected chi connectivity index (χ2v) is 9.25. The number of aromatic nitrogens is 2. The molecular weight excluding hydrogens is 382 g/mol. The number of sulfone groups is 1. The monoisotopic (exact) mass is 401 g/mol. The molecule has 144 valence electrons. The van der Waals surface area contributed by atoms with Gasteiger partial charge in [0.2, 0.25) is 0 Å². The Morgan fingerprint density at radius 3 is 2.14 bits per heavy atom. The van der Waals surface area contributed by atoms with Gasteiger partial charge in [0, 0.05) is 11.1 Å². The molecule has 0 bridgehead atoms. The van der Waals surface area contributed by atoms with Gasteiger partial charge in [0.1, 0.15) is 5.69 Å². The smallest absolute Gasteiger partial charge is 0.180 e. The van der Waals surface area contributed by atoms with Crippen LogP contribution in [-0.2, 0) is 9.84 Å². The van der Waals surface area contributed by atoms with Crippen LogP contribution < -0.4 is 0 Å². The zero-order valence-corrected chi connectivity index (χ0v) is 17.2. The molecule has 0 amide bonds. The van der Waals surface area contributed by atoms with E-state index in [1.807, 2.05) is 6.92 Å². The fourth-order valence-electron chi connectivity index (χ4n) is 2.55. The summed E-state index contributed by atoms with van der Waals surface area (Å²) in [6.45, 7) is 5.15. The number of rotatable bonds is 3. The van der Waals surface area contributed by atoms with Crippen LogP contribution in [0.15, 0.2) is 59.6 Å². The minimum absolute atomic E-state index is 0.289. The first-order valence-corrected chi connectivity index (χ1v) is 10.6. The van der Waals surface area contributed by atoms with E-state index in [0.717, 1.165) is 11.1 Å². The summed E-state index contributed by atoms with van der Waals surface area (Å²) in [4.78, 5) is 9.24. The molecule has 0 saturated heterocycles. The summed E-state index contributed by atoms with van der Waals surface area (Å²) in [5.41, 5.74) is 3.99. The fraction of sp³-hybridized carbons (Fsp3) is 0.174. The fourth-order valence-corrected chi connectivity index (χ4v) is 3.61. The third-order valence-electron chi connectivity index (χ3n) is 4.39. The van der Waals surface area contributed by atoms with Crippen molar-refractivity contribution in [3.05, 3.63) is 77.2 Å². The number of aryl methyl sites for hydroxylation is 1. The van der Waals surface area contributed by atoms with Gasteiger partial charge < -0.3 is 0 Å². The average Bonchev–Trinajstić information content (AvgIpc) is 2.73.